The lowest BCUT2D eigenvalue weighted by Gasteiger charge is -2.14. The fraction of sp³-hybridized carbons (Fsp3) is 0.263. The summed E-state index contributed by atoms with van der Waals surface area (Å²) < 4.78 is 5.63. The minimum absolute atomic E-state index is 0.111. The van der Waals surface area contributed by atoms with Gasteiger partial charge in [-0.15, -0.1) is 0 Å². The van der Waals surface area contributed by atoms with Crippen LogP contribution < -0.4 is 15.4 Å². The Morgan fingerprint density at radius 3 is 2.64 bits per heavy atom. The number of para-hydroxylation sites is 1. The summed E-state index contributed by atoms with van der Waals surface area (Å²) in [5.74, 6) is 0.694. The minimum Gasteiger partial charge on any atom is -0.483 e. The van der Waals surface area contributed by atoms with Gasteiger partial charge in [-0.25, -0.2) is 0 Å². The van der Waals surface area contributed by atoms with E-state index >= 15 is 0 Å². The van der Waals surface area contributed by atoms with Crippen molar-refractivity contribution in [1.82, 2.24) is 5.32 Å². The number of rotatable bonds is 5. The number of anilines is 1. The maximum absolute atomic E-state index is 12.0. The van der Waals surface area contributed by atoms with Crippen LogP contribution in [0.3, 0.4) is 0 Å². The molecular formula is C19H21ClN2O2S. The molecule has 0 aliphatic heterocycles. The second-order valence-corrected chi connectivity index (χ2v) is 6.76. The Morgan fingerprint density at radius 1 is 1.24 bits per heavy atom. The maximum atomic E-state index is 12.0. The van der Waals surface area contributed by atoms with Crippen LogP contribution in [0.4, 0.5) is 5.69 Å². The van der Waals surface area contributed by atoms with Crippen molar-refractivity contribution in [1.29, 1.82) is 0 Å². The van der Waals surface area contributed by atoms with Crippen molar-refractivity contribution in [3.8, 4) is 5.75 Å². The van der Waals surface area contributed by atoms with Crippen LogP contribution in [0, 0.1) is 6.92 Å². The zero-order chi connectivity index (χ0) is 18.4. The van der Waals surface area contributed by atoms with Gasteiger partial charge in [0.1, 0.15) is 5.75 Å². The van der Waals surface area contributed by atoms with Crippen LogP contribution in [0.25, 0.3) is 0 Å². The van der Waals surface area contributed by atoms with E-state index in [4.69, 9.17) is 28.6 Å². The molecule has 0 aliphatic rings. The molecule has 0 heterocycles. The van der Waals surface area contributed by atoms with Crippen molar-refractivity contribution in [3.63, 3.8) is 0 Å². The van der Waals surface area contributed by atoms with Crippen LogP contribution in [-0.4, -0.2) is 17.6 Å². The number of hydrogen-bond acceptors (Lipinski definition) is 3. The summed E-state index contributed by atoms with van der Waals surface area (Å²) in [4.78, 5) is 12.0. The predicted octanol–water partition coefficient (Wildman–Crippen LogP) is 4.66. The van der Waals surface area contributed by atoms with Crippen LogP contribution in [0.1, 0.15) is 30.9 Å². The van der Waals surface area contributed by atoms with Gasteiger partial charge < -0.3 is 10.1 Å². The summed E-state index contributed by atoms with van der Waals surface area (Å²) >= 11 is 11.2. The molecule has 132 valence electrons. The first kappa shape index (κ1) is 19.2. The standard InChI is InChI=1S/C19H21ClN2O2S/c1-12(2)15-6-4-5-7-17(15)24-11-18(23)22-19(25)21-14-9-8-13(3)16(20)10-14/h4-10,12H,11H2,1-3H3,(H2,21,22,23,25). The number of ether oxygens (including phenoxy) is 1. The first-order valence-electron chi connectivity index (χ1n) is 7.95. The van der Waals surface area contributed by atoms with Crippen LogP contribution in [0.5, 0.6) is 5.75 Å². The van der Waals surface area contributed by atoms with Crippen molar-refractivity contribution in [2.75, 3.05) is 11.9 Å². The molecule has 25 heavy (non-hydrogen) atoms. The smallest absolute Gasteiger partial charge is 0.264 e. The Bertz CT molecular complexity index is 778. The molecule has 0 aliphatic carbocycles. The highest BCUT2D eigenvalue weighted by atomic mass is 35.5. The Kier molecular flexibility index (Phi) is 6.79. The van der Waals surface area contributed by atoms with Crippen molar-refractivity contribution < 1.29 is 9.53 Å². The van der Waals surface area contributed by atoms with E-state index in [1.165, 1.54) is 0 Å². The molecule has 0 aromatic heterocycles. The number of carbonyl (C=O) groups excluding carboxylic acids is 1. The molecule has 0 spiro atoms. The quantitative estimate of drug-likeness (QED) is 0.745. The lowest BCUT2D eigenvalue weighted by Crippen LogP contribution is -2.37. The molecule has 2 rings (SSSR count). The van der Waals surface area contributed by atoms with Crippen LogP contribution >= 0.6 is 23.8 Å². The number of benzene rings is 2. The Morgan fingerprint density at radius 2 is 1.96 bits per heavy atom. The van der Waals surface area contributed by atoms with E-state index in [0.717, 1.165) is 11.1 Å². The van der Waals surface area contributed by atoms with Gasteiger partial charge >= 0.3 is 0 Å². The second-order valence-electron chi connectivity index (χ2n) is 5.95. The second kappa shape index (κ2) is 8.83. The molecular weight excluding hydrogens is 356 g/mol. The molecule has 6 heteroatoms. The summed E-state index contributed by atoms with van der Waals surface area (Å²) in [5.41, 5.74) is 2.75. The number of nitrogens with one attached hydrogen (secondary N) is 2. The van der Waals surface area contributed by atoms with Gasteiger partial charge in [-0.05, 0) is 54.4 Å². The number of hydrogen-bond donors (Lipinski definition) is 2. The van der Waals surface area contributed by atoms with E-state index in [1.807, 2.05) is 43.3 Å². The highest BCUT2D eigenvalue weighted by molar-refractivity contribution is 7.80. The van der Waals surface area contributed by atoms with E-state index in [9.17, 15) is 4.79 Å². The SMILES string of the molecule is Cc1ccc(NC(=S)NC(=O)COc2ccccc2C(C)C)cc1Cl. The molecule has 0 saturated carbocycles. The van der Waals surface area contributed by atoms with Crippen LogP contribution in [0.15, 0.2) is 42.5 Å². The van der Waals surface area contributed by atoms with Gasteiger partial charge in [0.05, 0.1) is 0 Å². The molecule has 0 saturated heterocycles. The van der Waals surface area contributed by atoms with Crippen molar-refractivity contribution in [2.45, 2.75) is 26.7 Å². The van der Waals surface area contributed by atoms with Gasteiger partial charge in [0, 0.05) is 10.7 Å². The fourth-order valence-corrected chi connectivity index (χ4v) is 2.64. The number of amides is 1. The van der Waals surface area contributed by atoms with Gasteiger partial charge in [-0.3, -0.25) is 10.1 Å². The summed E-state index contributed by atoms with van der Waals surface area (Å²) in [5, 5.41) is 6.35. The summed E-state index contributed by atoms with van der Waals surface area (Å²) in [6.45, 7) is 5.96. The molecule has 0 unspecified atom stereocenters. The summed E-state index contributed by atoms with van der Waals surface area (Å²) in [6.07, 6.45) is 0. The molecule has 2 N–H and O–H groups in total. The molecule has 0 fully saturated rings. The average Bonchev–Trinajstić information content (AvgIpc) is 2.56. The zero-order valence-electron chi connectivity index (χ0n) is 14.4. The number of carbonyl (C=O) groups is 1. The normalized spacial score (nSPS) is 10.4. The monoisotopic (exact) mass is 376 g/mol. The molecule has 1 amide bonds. The highest BCUT2D eigenvalue weighted by Gasteiger charge is 2.10. The number of thiocarbonyl (C=S) groups is 1. The minimum atomic E-state index is -0.325. The molecule has 0 radical (unpaired) electrons. The lowest BCUT2D eigenvalue weighted by atomic mass is 10.0. The Labute approximate surface area is 158 Å². The first-order chi connectivity index (χ1) is 11.9. The largest absolute Gasteiger partial charge is 0.483 e. The van der Waals surface area contributed by atoms with Gasteiger partial charge in [0.25, 0.3) is 5.91 Å². The van der Waals surface area contributed by atoms with E-state index in [-0.39, 0.29) is 17.6 Å². The maximum Gasteiger partial charge on any atom is 0.264 e. The van der Waals surface area contributed by atoms with Gasteiger partial charge in [0.15, 0.2) is 11.7 Å². The number of halogens is 1. The van der Waals surface area contributed by atoms with E-state index < -0.39 is 0 Å². The highest BCUT2D eigenvalue weighted by Crippen LogP contribution is 2.25. The molecule has 4 nitrogen and oxygen atoms in total. The average molecular weight is 377 g/mol. The van der Waals surface area contributed by atoms with Gasteiger partial charge in [-0.2, -0.15) is 0 Å². The van der Waals surface area contributed by atoms with E-state index in [0.29, 0.717) is 22.4 Å². The van der Waals surface area contributed by atoms with Crippen LogP contribution in [-0.2, 0) is 4.79 Å². The Hall–Kier alpha value is -2.11. The first-order valence-corrected chi connectivity index (χ1v) is 8.74. The summed E-state index contributed by atoms with van der Waals surface area (Å²) in [7, 11) is 0. The fourth-order valence-electron chi connectivity index (χ4n) is 2.23. The van der Waals surface area contributed by atoms with Crippen LogP contribution in [0.2, 0.25) is 5.02 Å². The molecule has 0 bridgehead atoms. The van der Waals surface area contributed by atoms with Crippen molar-refractivity contribution >= 4 is 40.5 Å². The molecule has 2 aromatic rings. The third-order valence-electron chi connectivity index (χ3n) is 3.58. The molecule has 2 aromatic carbocycles. The number of aryl methyl sites for hydroxylation is 1. The van der Waals surface area contributed by atoms with Gasteiger partial charge in [-0.1, -0.05) is 49.7 Å². The van der Waals surface area contributed by atoms with Gasteiger partial charge in [0.2, 0.25) is 0 Å². The van der Waals surface area contributed by atoms with E-state index in [2.05, 4.69) is 24.5 Å². The molecule has 0 atom stereocenters. The topological polar surface area (TPSA) is 50.4 Å². The van der Waals surface area contributed by atoms with Crippen molar-refractivity contribution in [2.24, 2.45) is 0 Å². The van der Waals surface area contributed by atoms with Crippen molar-refractivity contribution in [3.05, 3.63) is 58.6 Å². The lowest BCUT2D eigenvalue weighted by molar-refractivity contribution is -0.121. The third kappa shape index (κ3) is 5.73. The summed E-state index contributed by atoms with van der Waals surface area (Å²) in [6, 6.07) is 13.2. The Balaban J connectivity index is 1.87. The predicted molar refractivity (Wildman–Crippen MR) is 107 cm³/mol. The van der Waals surface area contributed by atoms with E-state index in [1.54, 1.807) is 6.07 Å². The zero-order valence-corrected chi connectivity index (χ0v) is 16.0. The third-order valence-corrected chi connectivity index (χ3v) is 4.19.